The van der Waals surface area contributed by atoms with Gasteiger partial charge in [0.15, 0.2) is 11.5 Å². The molecular formula is C14H21NO3. The Balaban J connectivity index is 2.08. The molecule has 1 heterocycles. The molecule has 0 saturated heterocycles. The predicted octanol–water partition coefficient (Wildman–Crippen LogP) is 1.88. The van der Waals surface area contributed by atoms with Crippen molar-refractivity contribution in [1.29, 1.82) is 0 Å². The maximum absolute atomic E-state index is 10.3. The first-order valence-corrected chi connectivity index (χ1v) is 6.53. The zero-order chi connectivity index (χ0) is 13.0. The van der Waals surface area contributed by atoms with Gasteiger partial charge in [0.2, 0.25) is 0 Å². The highest BCUT2D eigenvalue weighted by Crippen LogP contribution is 2.33. The van der Waals surface area contributed by atoms with Gasteiger partial charge in [0, 0.05) is 6.04 Å². The lowest BCUT2D eigenvalue weighted by Gasteiger charge is -2.23. The normalized spacial score (nSPS) is 17.3. The van der Waals surface area contributed by atoms with Crippen LogP contribution in [0.4, 0.5) is 0 Å². The van der Waals surface area contributed by atoms with Crippen LogP contribution in [0.2, 0.25) is 0 Å². The maximum Gasteiger partial charge on any atom is 0.161 e. The first-order valence-electron chi connectivity index (χ1n) is 6.53. The lowest BCUT2D eigenvalue weighted by molar-refractivity contribution is 0.134. The summed E-state index contributed by atoms with van der Waals surface area (Å²) in [6.07, 6.45) is 0.519. The average molecular weight is 251 g/mol. The summed E-state index contributed by atoms with van der Waals surface area (Å²) in [5.74, 6) is 1.48. The molecule has 2 unspecified atom stereocenters. The van der Waals surface area contributed by atoms with Gasteiger partial charge in [-0.2, -0.15) is 0 Å². The Kier molecular flexibility index (Phi) is 4.44. The molecule has 2 rings (SSSR count). The zero-order valence-electron chi connectivity index (χ0n) is 11.0. The Morgan fingerprint density at radius 1 is 1.28 bits per heavy atom. The van der Waals surface area contributed by atoms with Crippen molar-refractivity contribution in [3.63, 3.8) is 0 Å². The van der Waals surface area contributed by atoms with Crippen molar-refractivity contribution in [3.05, 3.63) is 23.8 Å². The molecule has 100 valence electrons. The van der Waals surface area contributed by atoms with E-state index in [4.69, 9.17) is 9.47 Å². The summed E-state index contributed by atoms with van der Waals surface area (Å²) >= 11 is 0. The number of fused-ring (bicyclic) bond motifs is 1. The topological polar surface area (TPSA) is 50.7 Å². The van der Waals surface area contributed by atoms with Crippen molar-refractivity contribution in [2.75, 3.05) is 19.8 Å². The number of rotatable bonds is 5. The number of ether oxygens (including phenoxy) is 2. The van der Waals surface area contributed by atoms with Gasteiger partial charge < -0.3 is 19.9 Å². The summed E-state index contributed by atoms with van der Waals surface area (Å²) in [6.45, 7) is 6.15. The molecule has 1 aromatic carbocycles. The molecule has 0 spiro atoms. The van der Waals surface area contributed by atoms with E-state index < -0.39 is 6.10 Å². The Morgan fingerprint density at radius 2 is 2.00 bits per heavy atom. The van der Waals surface area contributed by atoms with Crippen LogP contribution in [0.3, 0.4) is 0 Å². The summed E-state index contributed by atoms with van der Waals surface area (Å²) in [6, 6.07) is 5.64. The summed E-state index contributed by atoms with van der Waals surface area (Å²) in [5.41, 5.74) is 0.857. The second kappa shape index (κ2) is 6.07. The average Bonchev–Trinajstić information content (AvgIpc) is 2.43. The highest BCUT2D eigenvalue weighted by molar-refractivity contribution is 5.44. The molecule has 2 atom stereocenters. The number of benzene rings is 1. The van der Waals surface area contributed by atoms with Gasteiger partial charge in [0.1, 0.15) is 13.2 Å². The quantitative estimate of drug-likeness (QED) is 0.839. The van der Waals surface area contributed by atoms with Crippen molar-refractivity contribution in [1.82, 2.24) is 5.32 Å². The van der Waals surface area contributed by atoms with Crippen LogP contribution >= 0.6 is 0 Å². The Morgan fingerprint density at radius 3 is 2.72 bits per heavy atom. The van der Waals surface area contributed by atoms with E-state index in [9.17, 15) is 5.11 Å². The van der Waals surface area contributed by atoms with Crippen LogP contribution in [0, 0.1) is 0 Å². The third-order valence-electron chi connectivity index (χ3n) is 3.10. The Hall–Kier alpha value is -1.26. The van der Waals surface area contributed by atoms with Gasteiger partial charge >= 0.3 is 0 Å². The Bertz CT molecular complexity index is 395. The molecule has 4 nitrogen and oxygen atoms in total. The fourth-order valence-electron chi connectivity index (χ4n) is 2.02. The second-order valence-corrected chi connectivity index (χ2v) is 4.59. The van der Waals surface area contributed by atoms with Gasteiger partial charge in [-0.3, -0.25) is 0 Å². The molecule has 4 heteroatoms. The number of aliphatic hydroxyl groups excluding tert-OH is 1. The molecule has 1 aliphatic rings. The fourth-order valence-corrected chi connectivity index (χ4v) is 2.02. The first-order chi connectivity index (χ1) is 8.72. The molecule has 0 fully saturated rings. The highest BCUT2D eigenvalue weighted by Gasteiger charge is 2.19. The van der Waals surface area contributed by atoms with E-state index in [0.717, 1.165) is 30.0 Å². The van der Waals surface area contributed by atoms with Crippen molar-refractivity contribution in [3.8, 4) is 11.5 Å². The van der Waals surface area contributed by atoms with Gasteiger partial charge in [-0.25, -0.2) is 0 Å². The van der Waals surface area contributed by atoms with Crippen LogP contribution in [0.25, 0.3) is 0 Å². The van der Waals surface area contributed by atoms with Crippen molar-refractivity contribution in [2.45, 2.75) is 32.4 Å². The standard InChI is InChI=1S/C14H21NO3/c1-3-6-15-10(2)14(16)11-4-5-12-13(9-11)18-8-7-17-12/h4-5,9-10,14-16H,3,6-8H2,1-2H3. The molecule has 0 radical (unpaired) electrons. The zero-order valence-corrected chi connectivity index (χ0v) is 11.0. The van der Waals surface area contributed by atoms with Crippen LogP contribution < -0.4 is 14.8 Å². The second-order valence-electron chi connectivity index (χ2n) is 4.59. The molecule has 1 aliphatic heterocycles. The molecule has 18 heavy (non-hydrogen) atoms. The molecule has 0 aromatic heterocycles. The lowest BCUT2D eigenvalue weighted by Crippen LogP contribution is -2.32. The van der Waals surface area contributed by atoms with E-state index in [1.165, 1.54) is 0 Å². The first kappa shape index (κ1) is 13.2. The van der Waals surface area contributed by atoms with E-state index in [2.05, 4.69) is 12.2 Å². The van der Waals surface area contributed by atoms with E-state index in [0.29, 0.717) is 13.2 Å². The third kappa shape index (κ3) is 2.94. The van der Waals surface area contributed by atoms with Gasteiger partial charge in [0.25, 0.3) is 0 Å². The molecule has 0 amide bonds. The number of nitrogens with one attached hydrogen (secondary N) is 1. The maximum atomic E-state index is 10.3. The van der Waals surface area contributed by atoms with E-state index in [1.807, 2.05) is 25.1 Å². The summed E-state index contributed by atoms with van der Waals surface area (Å²) in [4.78, 5) is 0. The largest absolute Gasteiger partial charge is 0.486 e. The highest BCUT2D eigenvalue weighted by atomic mass is 16.6. The van der Waals surface area contributed by atoms with Crippen LogP contribution in [0.15, 0.2) is 18.2 Å². The molecule has 1 aromatic rings. The predicted molar refractivity (Wildman–Crippen MR) is 70.1 cm³/mol. The van der Waals surface area contributed by atoms with Crippen LogP contribution in [0.5, 0.6) is 11.5 Å². The number of hydrogen-bond acceptors (Lipinski definition) is 4. The third-order valence-corrected chi connectivity index (χ3v) is 3.10. The minimum Gasteiger partial charge on any atom is -0.486 e. The number of aliphatic hydroxyl groups is 1. The van der Waals surface area contributed by atoms with Gasteiger partial charge in [0.05, 0.1) is 6.10 Å². The molecule has 0 saturated carbocycles. The lowest BCUT2D eigenvalue weighted by atomic mass is 10.0. The van der Waals surface area contributed by atoms with Crippen molar-refractivity contribution >= 4 is 0 Å². The van der Waals surface area contributed by atoms with Crippen molar-refractivity contribution in [2.24, 2.45) is 0 Å². The fraction of sp³-hybridized carbons (Fsp3) is 0.571. The van der Waals surface area contributed by atoms with Gasteiger partial charge in [-0.05, 0) is 37.6 Å². The molecular weight excluding hydrogens is 230 g/mol. The molecule has 2 N–H and O–H groups in total. The van der Waals surface area contributed by atoms with E-state index in [1.54, 1.807) is 0 Å². The van der Waals surface area contributed by atoms with E-state index in [-0.39, 0.29) is 6.04 Å². The minimum atomic E-state index is -0.535. The smallest absolute Gasteiger partial charge is 0.161 e. The Labute approximate surface area is 108 Å². The summed E-state index contributed by atoms with van der Waals surface area (Å²) < 4.78 is 11.0. The van der Waals surface area contributed by atoms with Crippen LogP contribution in [-0.4, -0.2) is 30.9 Å². The SMILES string of the molecule is CCCNC(C)C(O)c1ccc2c(c1)OCCO2. The number of hydrogen-bond donors (Lipinski definition) is 2. The molecule has 0 bridgehead atoms. The van der Waals surface area contributed by atoms with E-state index >= 15 is 0 Å². The minimum absolute atomic E-state index is 0.0208. The van der Waals surface area contributed by atoms with Gasteiger partial charge in [-0.15, -0.1) is 0 Å². The van der Waals surface area contributed by atoms with Gasteiger partial charge in [-0.1, -0.05) is 13.0 Å². The van der Waals surface area contributed by atoms with Crippen LogP contribution in [0.1, 0.15) is 31.9 Å². The van der Waals surface area contributed by atoms with Crippen molar-refractivity contribution < 1.29 is 14.6 Å². The monoisotopic (exact) mass is 251 g/mol. The molecule has 0 aliphatic carbocycles. The summed E-state index contributed by atoms with van der Waals surface area (Å²) in [5, 5.41) is 13.5. The van der Waals surface area contributed by atoms with Crippen LogP contribution in [-0.2, 0) is 0 Å². The summed E-state index contributed by atoms with van der Waals surface area (Å²) in [7, 11) is 0.